The highest BCUT2D eigenvalue weighted by Gasteiger charge is 2.03. The molecule has 0 aromatic heterocycles. The molecule has 0 heterocycles. The molecule has 0 atom stereocenters. The molecular formula is C12H17N. The summed E-state index contributed by atoms with van der Waals surface area (Å²) in [4.78, 5) is 2.16. The maximum atomic E-state index is 2.16. The summed E-state index contributed by atoms with van der Waals surface area (Å²) in [6.45, 7) is 4.18. The molecule has 1 rings (SSSR count). The normalized spacial score (nSPS) is 10.8. The highest BCUT2D eigenvalue weighted by Crippen LogP contribution is 2.24. The van der Waals surface area contributed by atoms with Crippen molar-refractivity contribution in [1.29, 1.82) is 0 Å². The number of nitrogens with zero attached hydrogens (tertiary/aromatic N) is 1. The lowest BCUT2D eigenvalue weighted by atomic mass is 10.1. The number of benzene rings is 1. The first kappa shape index (κ1) is 9.85. The Morgan fingerprint density at radius 1 is 1.23 bits per heavy atom. The molecule has 1 nitrogen and oxygen atoms in total. The van der Waals surface area contributed by atoms with E-state index in [9.17, 15) is 0 Å². The lowest BCUT2D eigenvalue weighted by Crippen LogP contribution is -2.11. The summed E-state index contributed by atoms with van der Waals surface area (Å²) in [5, 5.41) is 0. The number of rotatable bonds is 2. The van der Waals surface area contributed by atoms with E-state index < -0.39 is 0 Å². The first-order valence-electron chi connectivity index (χ1n) is 4.56. The second-order valence-electron chi connectivity index (χ2n) is 3.41. The summed E-state index contributed by atoms with van der Waals surface area (Å²) in [7, 11) is 4.16. The number of hydrogen-bond donors (Lipinski definition) is 0. The third-order valence-electron chi connectivity index (χ3n) is 2.06. The van der Waals surface area contributed by atoms with Gasteiger partial charge in [-0.25, -0.2) is 0 Å². The van der Waals surface area contributed by atoms with Crippen LogP contribution in [0.5, 0.6) is 0 Å². The average molecular weight is 175 g/mol. The molecule has 13 heavy (non-hydrogen) atoms. The van der Waals surface area contributed by atoms with Gasteiger partial charge in [0.1, 0.15) is 0 Å². The maximum Gasteiger partial charge on any atom is 0.0464 e. The lowest BCUT2D eigenvalue weighted by molar-refractivity contribution is 1.11. The molecule has 0 spiro atoms. The lowest BCUT2D eigenvalue weighted by Gasteiger charge is -2.18. The number of allylic oxidation sites excluding steroid dienone is 1. The zero-order valence-corrected chi connectivity index (χ0v) is 8.83. The van der Waals surface area contributed by atoms with Gasteiger partial charge in [-0.3, -0.25) is 0 Å². The smallest absolute Gasteiger partial charge is 0.0464 e. The second-order valence-corrected chi connectivity index (χ2v) is 3.41. The van der Waals surface area contributed by atoms with Gasteiger partial charge in [0.25, 0.3) is 0 Å². The van der Waals surface area contributed by atoms with E-state index in [1.807, 2.05) is 6.92 Å². The van der Waals surface area contributed by atoms with Crippen molar-refractivity contribution < 1.29 is 0 Å². The van der Waals surface area contributed by atoms with Crippen LogP contribution < -0.4 is 4.90 Å². The van der Waals surface area contributed by atoms with Crippen molar-refractivity contribution >= 4 is 11.8 Å². The first-order valence-corrected chi connectivity index (χ1v) is 4.56. The second kappa shape index (κ2) is 4.13. The Bertz CT molecular complexity index is 311. The standard InChI is InChI=1S/C12H17N/c1-5-7-11-9-6-8-10(2)12(11)13(3)4/h5-9H,1-4H3/b7-5-. The molecule has 0 saturated heterocycles. The summed E-state index contributed by atoms with van der Waals surface area (Å²) in [6, 6.07) is 6.38. The van der Waals surface area contributed by atoms with Crippen molar-refractivity contribution in [2.75, 3.05) is 19.0 Å². The van der Waals surface area contributed by atoms with Crippen LogP contribution in [-0.4, -0.2) is 14.1 Å². The molecule has 1 heteroatoms. The van der Waals surface area contributed by atoms with Crippen LogP contribution in [0.15, 0.2) is 24.3 Å². The van der Waals surface area contributed by atoms with E-state index in [1.54, 1.807) is 0 Å². The zero-order valence-electron chi connectivity index (χ0n) is 8.83. The third kappa shape index (κ3) is 2.11. The predicted octanol–water partition coefficient (Wildman–Crippen LogP) is 3.09. The fraction of sp³-hybridized carbons (Fsp3) is 0.333. The number of anilines is 1. The monoisotopic (exact) mass is 175 g/mol. The van der Waals surface area contributed by atoms with Crippen LogP contribution in [0.4, 0.5) is 5.69 Å². The number of aryl methyl sites for hydroxylation is 1. The summed E-state index contributed by atoms with van der Waals surface area (Å²) < 4.78 is 0. The van der Waals surface area contributed by atoms with Gasteiger partial charge in [-0.2, -0.15) is 0 Å². The van der Waals surface area contributed by atoms with Gasteiger partial charge in [0, 0.05) is 19.8 Å². The number of para-hydroxylation sites is 1. The molecule has 0 aliphatic carbocycles. The van der Waals surface area contributed by atoms with Crippen molar-refractivity contribution in [2.24, 2.45) is 0 Å². The van der Waals surface area contributed by atoms with Gasteiger partial charge >= 0.3 is 0 Å². The van der Waals surface area contributed by atoms with E-state index in [-0.39, 0.29) is 0 Å². The molecule has 0 radical (unpaired) electrons. The summed E-state index contributed by atoms with van der Waals surface area (Å²) >= 11 is 0. The molecule has 70 valence electrons. The Morgan fingerprint density at radius 3 is 2.46 bits per heavy atom. The molecule has 1 aromatic rings. The van der Waals surface area contributed by atoms with Gasteiger partial charge in [0.2, 0.25) is 0 Å². The van der Waals surface area contributed by atoms with Crippen LogP contribution in [-0.2, 0) is 0 Å². The number of hydrogen-bond acceptors (Lipinski definition) is 1. The van der Waals surface area contributed by atoms with Crippen molar-refractivity contribution in [3.63, 3.8) is 0 Å². The van der Waals surface area contributed by atoms with Crippen molar-refractivity contribution in [3.8, 4) is 0 Å². The van der Waals surface area contributed by atoms with Crippen LogP contribution in [0.2, 0.25) is 0 Å². The SMILES string of the molecule is C/C=C\c1cccc(C)c1N(C)C. The molecule has 0 saturated carbocycles. The quantitative estimate of drug-likeness (QED) is 0.667. The van der Waals surface area contributed by atoms with Crippen molar-refractivity contribution in [3.05, 3.63) is 35.4 Å². The van der Waals surface area contributed by atoms with Crippen LogP contribution >= 0.6 is 0 Å². The molecule has 0 aliphatic heterocycles. The van der Waals surface area contributed by atoms with Gasteiger partial charge in [-0.15, -0.1) is 0 Å². The summed E-state index contributed by atoms with van der Waals surface area (Å²) in [5.41, 5.74) is 3.91. The van der Waals surface area contributed by atoms with E-state index in [0.29, 0.717) is 0 Å². The first-order chi connectivity index (χ1) is 6.16. The molecule has 1 aromatic carbocycles. The zero-order chi connectivity index (χ0) is 9.84. The van der Waals surface area contributed by atoms with Gasteiger partial charge in [-0.05, 0) is 25.0 Å². The Balaban J connectivity index is 3.25. The molecule has 0 unspecified atom stereocenters. The molecule has 0 aliphatic rings. The van der Waals surface area contributed by atoms with Crippen LogP contribution in [0.25, 0.3) is 6.08 Å². The highest BCUT2D eigenvalue weighted by molar-refractivity contribution is 5.70. The van der Waals surface area contributed by atoms with Crippen LogP contribution in [0.1, 0.15) is 18.1 Å². The Morgan fingerprint density at radius 2 is 1.92 bits per heavy atom. The average Bonchev–Trinajstić information content (AvgIpc) is 2.04. The Kier molecular flexibility index (Phi) is 3.13. The van der Waals surface area contributed by atoms with Crippen LogP contribution in [0.3, 0.4) is 0 Å². The topological polar surface area (TPSA) is 3.24 Å². The molecule has 0 amide bonds. The van der Waals surface area contributed by atoms with Gasteiger partial charge in [0.05, 0.1) is 0 Å². The molecule has 0 bridgehead atoms. The van der Waals surface area contributed by atoms with E-state index in [0.717, 1.165) is 0 Å². The maximum absolute atomic E-state index is 2.16. The van der Waals surface area contributed by atoms with E-state index in [4.69, 9.17) is 0 Å². The molecule has 0 N–H and O–H groups in total. The van der Waals surface area contributed by atoms with Crippen molar-refractivity contribution in [2.45, 2.75) is 13.8 Å². The van der Waals surface area contributed by atoms with E-state index in [1.165, 1.54) is 16.8 Å². The fourth-order valence-corrected chi connectivity index (χ4v) is 1.61. The largest absolute Gasteiger partial charge is 0.377 e. The Hall–Kier alpha value is -1.24. The fourth-order valence-electron chi connectivity index (χ4n) is 1.61. The van der Waals surface area contributed by atoms with Crippen molar-refractivity contribution in [1.82, 2.24) is 0 Å². The summed E-state index contributed by atoms with van der Waals surface area (Å²) in [5.74, 6) is 0. The minimum Gasteiger partial charge on any atom is -0.377 e. The summed E-state index contributed by atoms with van der Waals surface area (Å²) in [6.07, 6.45) is 4.21. The molecular weight excluding hydrogens is 158 g/mol. The van der Waals surface area contributed by atoms with Gasteiger partial charge in [-0.1, -0.05) is 30.4 Å². The highest BCUT2D eigenvalue weighted by atomic mass is 15.1. The predicted molar refractivity (Wildman–Crippen MR) is 60.2 cm³/mol. The van der Waals surface area contributed by atoms with Gasteiger partial charge < -0.3 is 4.90 Å². The van der Waals surface area contributed by atoms with Crippen LogP contribution in [0, 0.1) is 6.92 Å². The minimum absolute atomic E-state index is 1.28. The van der Waals surface area contributed by atoms with E-state index in [2.05, 4.69) is 56.3 Å². The third-order valence-corrected chi connectivity index (χ3v) is 2.06. The Labute approximate surface area is 80.7 Å². The van der Waals surface area contributed by atoms with E-state index >= 15 is 0 Å². The minimum atomic E-state index is 1.28. The molecule has 0 fully saturated rings. The van der Waals surface area contributed by atoms with Gasteiger partial charge in [0.15, 0.2) is 0 Å².